The lowest BCUT2D eigenvalue weighted by molar-refractivity contribution is 0.174. The SMILES string of the molecule is CN.Sc1ccc2c(c1)OCO2. The summed E-state index contributed by atoms with van der Waals surface area (Å²) in [7, 11) is 1.50. The van der Waals surface area contributed by atoms with Crippen LogP contribution < -0.4 is 15.2 Å². The average Bonchev–Trinajstić information content (AvgIpc) is 2.54. The van der Waals surface area contributed by atoms with Crippen LogP contribution in [0.5, 0.6) is 11.5 Å². The van der Waals surface area contributed by atoms with Gasteiger partial charge in [-0.25, -0.2) is 0 Å². The number of benzene rings is 1. The standard InChI is InChI=1S/C7H6O2S.CH5N/c10-5-1-2-6-7(3-5)9-4-8-6;1-2/h1-3,10H,4H2;2H2,1H3. The van der Waals surface area contributed by atoms with Crippen molar-refractivity contribution in [1.82, 2.24) is 0 Å². The molecule has 0 saturated heterocycles. The molecule has 1 heterocycles. The second-order valence-electron chi connectivity index (χ2n) is 2.04. The summed E-state index contributed by atoms with van der Waals surface area (Å²) in [5, 5.41) is 0. The Morgan fingerprint density at radius 1 is 1.25 bits per heavy atom. The molecular formula is C8H11NO2S. The Morgan fingerprint density at radius 3 is 2.67 bits per heavy atom. The van der Waals surface area contributed by atoms with Gasteiger partial charge in [-0.3, -0.25) is 0 Å². The number of fused-ring (bicyclic) bond motifs is 1. The van der Waals surface area contributed by atoms with E-state index in [1.54, 1.807) is 0 Å². The highest BCUT2D eigenvalue weighted by Gasteiger charge is 2.11. The summed E-state index contributed by atoms with van der Waals surface area (Å²) in [6, 6.07) is 5.56. The van der Waals surface area contributed by atoms with Gasteiger partial charge in [0.15, 0.2) is 11.5 Å². The molecular weight excluding hydrogens is 174 g/mol. The van der Waals surface area contributed by atoms with Crippen LogP contribution in [-0.2, 0) is 0 Å². The van der Waals surface area contributed by atoms with Gasteiger partial charge in [-0.1, -0.05) is 0 Å². The van der Waals surface area contributed by atoms with Crippen molar-refractivity contribution < 1.29 is 9.47 Å². The zero-order chi connectivity index (χ0) is 8.97. The number of nitrogens with two attached hydrogens (primary N) is 1. The van der Waals surface area contributed by atoms with E-state index in [2.05, 4.69) is 18.4 Å². The normalized spacial score (nSPS) is 11.9. The van der Waals surface area contributed by atoms with Gasteiger partial charge >= 0.3 is 0 Å². The maximum Gasteiger partial charge on any atom is 0.231 e. The lowest BCUT2D eigenvalue weighted by atomic mass is 10.3. The monoisotopic (exact) mass is 185 g/mol. The van der Waals surface area contributed by atoms with E-state index in [4.69, 9.17) is 9.47 Å². The van der Waals surface area contributed by atoms with Crippen LogP contribution in [0.4, 0.5) is 0 Å². The third-order valence-corrected chi connectivity index (χ3v) is 1.63. The van der Waals surface area contributed by atoms with E-state index >= 15 is 0 Å². The van der Waals surface area contributed by atoms with Crippen LogP contribution in [0.15, 0.2) is 23.1 Å². The first-order valence-electron chi connectivity index (χ1n) is 3.52. The fourth-order valence-corrected chi connectivity index (χ4v) is 1.08. The van der Waals surface area contributed by atoms with Gasteiger partial charge in [0, 0.05) is 4.90 Å². The van der Waals surface area contributed by atoms with Crippen LogP contribution in [-0.4, -0.2) is 13.8 Å². The van der Waals surface area contributed by atoms with Crippen molar-refractivity contribution in [2.45, 2.75) is 4.90 Å². The van der Waals surface area contributed by atoms with Gasteiger partial charge in [0.25, 0.3) is 0 Å². The molecule has 0 amide bonds. The quantitative estimate of drug-likeness (QED) is 0.598. The van der Waals surface area contributed by atoms with E-state index in [9.17, 15) is 0 Å². The summed E-state index contributed by atoms with van der Waals surface area (Å²) in [6.45, 7) is 0.326. The van der Waals surface area contributed by atoms with E-state index in [0.29, 0.717) is 6.79 Å². The Balaban J connectivity index is 0.000000336. The van der Waals surface area contributed by atoms with Crippen molar-refractivity contribution in [3.05, 3.63) is 18.2 Å². The molecule has 0 bridgehead atoms. The van der Waals surface area contributed by atoms with Gasteiger partial charge in [0.1, 0.15) is 0 Å². The van der Waals surface area contributed by atoms with Gasteiger partial charge in [-0.15, -0.1) is 12.6 Å². The molecule has 4 heteroatoms. The summed E-state index contributed by atoms with van der Waals surface area (Å²) in [4.78, 5) is 0.893. The Morgan fingerprint density at radius 2 is 1.92 bits per heavy atom. The second-order valence-corrected chi connectivity index (χ2v) is 2.55. The molecule has 0 aromatic heterocycles. The smallest absolute Gasteiger partial charge is 0.231 e. The molecule has 1 aliphatic heterocycles. The minimum absolute atomic E-state index is 0.326. The molecule has 1 aromatic rings. The lowest BCUT2D eigenvalue weighted by Crippen LogP contribution is -1.92. The number of hydrogen-bond acceptors (Lipinski definition) is 4. The van der Waals surface area contributed by atoms with Gasteiger partial charge in [-0.2, -0.15) is 0 Å². The van der Waals surface area contributed by atoms with Crippen LogP contribution in [0.2, 0.25) is 0 Å². The van der Waals surface area contributed by atoms with Crippen LogP contribution in [0, 0.1) is 0 Å². The summed E-state index contributed by atoms with van der Waals surface area (Å²) < 4.78 is 10.2. The molecule has 0 aliphatic carbocycles. The topological polar surface area (TPSA) is 44.5 Å². The molecule has 1 aliphatic rings. The largest absolute Gasteiger partial charge is 0.454 e. The zero-order valence-electron chi connectivity index (χ0n) is 6.78. The predicted octanol–water partition coefficient (Wildman–Crippen LogP) is 1.28. The minimum atomic E-state index is 0.326. The fraction of sp³-hybridized carbons (Fsp3) is 0.250. The Labute approximate surface area is 76.9 Å². The van der Waals surface area contributed by atoms with E-state index < -0.39 is 0 Å². The molecule has 0 radical (unpaired) electrons. The van der Waals surface area contributed by atoms with Crippen LogP contribution in [0.25, 0.3) is 0 Å². The summed E-state index contributed by atoms with van der Waals surface area (Å²) in [5.41, 5.74) is 4.50. The highest BCUT2D eigenvalue weighted by atomic mass is 32.1. The molecule has 1 aromatic carbocycles. The third-order valence-electron chi connectivity index (χ3n) is 1.36. The zero-order valence-corrected chi connectivity index (χ0v) is 7.67. The predicted molar refractivity (Wildman–Crippen MR) is 49.9 cm³/mol. The van der Waals surface area contributed by atoms with Crippen molar-refractivity contribution in [3.63, 3.8) is 0 Å². The minimum Gasteiger partial charge on any atom is -0.454 e. The van der Waals surface area contributed by atoms with Crippen molar-refractivity contribution in [1.29, 1.82) is 0 Å². The number of thiol groups is 1. The summed E-state index contributed by atoms with van der Waals surface area (Å²) >= 11 is 4.15. The van der Waals surface area contributed by atoms with Crippen molar-refractivity contribution in [3.8, 4) is 11.5 Å². The van der Waals surface area contributed by atoms with E-state index in [1.807, 2.05) is 18.2 Å². The van der Waals surface area contributed by atoms with Crippen LogP contribution in [0.1, 0.15) is 0 Å². The Hall–Kier alpha value is -0.870. The maximum atomic E-state index is 5.11. The molecule has 0 spiro atoms. The first-order chi connectivity index (χ1) is 5.86. The third kappa shape index (κ3) is 1.84. The van der Waals surface area contributed by atoms with E-state index in [-0.39, 0.29) is 0 Å². The van der Waals surface area contributed by atoms with Gasteiger partial charge in [-0.05, 0) is 25.2 Å². The first-order valence-corrected chi connectivity index (χ1v) is 3.97. The molecule has 0 saturated carbocycles. The van der Waals surface area contributed by atoms with Gasteiger partial charge in [0.2, 0.25) is 6.79 Å². The van der Waals surface area contributed by atoms with E-state index in [1.165, 1.54) is 7.05 Å². The fourth-order valence-electron chi connectivity index (χ4n) is 0.885. The first kappa shape index (κ1) is 9.22. The van der Waals surface area contributed by atoms with Crippen LogP contribution >= 0.6 is 12.6 Å². The van der Waals surface area contributed by atoms with E-state index in [0.717, 1.165) is 16.4 Å². The Kier molecular flexibility index (Phi) is 3.25. The second kappa shape index (κ2) is 4.23. The molecule has 3 nitrogen and oxygen atoms in total. The molecule has 0 atom stereocenters. The highest BCUT2D eigenvalue weighted by molar-refractivity contribution is 7.80. The van der Waals surface area contributed by atoms with Crippen LogP contribution in [0.3, 0.4) is 0 Å². The molecule has 2 rings (SSSR count). The number of rotatable bonds is 0. The highest BCUT2D eigenvalue weighted by Crippen LogP contribution is 2.33. The van der Waals surface area contributed by atoms with Crippen molar-refractivity contribution in [2.24, 2.45) is 5.73 Å². The number of hydrogen-bond donors (Lipinski definition) is 2. The Bertz CT molecular complexity index is 265. The molecule has 12 heavy (non-hydrogen) atoms. The van der Waals surface area contributed by atoms with Crippen molar-refractivity contribution >= 4 is 12.6 Å². The molecule has 0 unspecified atom stereocenters. The van der Waals surface area contributed by atoms with Gasteiger partial charge in [0.05, 0.1) is 0 Å². The van der Waals surface area contributed by atoms with Crippen molar-refractivity contribution in [2.75, 3.05) is 13.8 Å². The van der Waals surface area contributed by atoms with Gasteiger partial charge < -0.3 is 15.2 Å². The lowest BCUT2D eigenvalue weighted by Gasteiger charge is -1.94. The molecule has 0 fully saturated rings. The molecule has 2 N–H and O–H groups in total. The molecule has 66 valence electrons. The summed E-state index contributed by atoms with van der Waals surface area (Å²) in [5.74, 6) is 1.59. The summed E-state index contributed by atoms with van der Waals surface area (Å²) in [6.07, 6.45) is 0. The average molecular weight is 185 g/mol. The maximum absolute atomic E-state index is 5.11. The number of ether oxygens (including phenoxy) is 2.